The molecule has 136 valence electrons. The molecule has 1 heterocycles. The molecule has 2 N–H and O–H groups in total. The van der Waals surface area contributed by atoms with Crippen molar-refractivity contribution in [2.45, 2.75) is 19.5 Å². The molecule has 0 fully saturated rings. The lowest BCUT2D eigenvalue weighted by atomic mass is 10.2. The number of hydrogen-bond acceptors (Lipinski definition) is 5. The number of ether oxygens (including phenoxy) is 1. The van der Waals surface area contributed by atoms with E-state index in [1.165, 1.54) is 0 Å². The molecular formula is C17H26N6O2. The first kappa shape index (κ1) is 18.7. The summed E-state index contributed by atoms with van der Waals surface area (Å²) >= 11 is 0. The Bertz CT molecular complexity index is 685. The predicted octanol–water partition coefficient (Wildman–Crippen LogP) is 1.32. The molecule has 0 unspecified atom stereocenters. The van der Waals surface area contributed by atoms with E-state index in [-0.39, 0.29) is 12.1 Å². The molecule has 1 aromatic carbocycles. The monoisotopic (exact) mass is 346 g/mol. The smallest absolute Gasteiger partial charge is 0.315 e. The fourth-order valence-corrected chi connectivity index (χ4v) is 2.27. The van der Waals surface area contributed by atoms with Crippen LogP contribution in [0.15, 0.2) is 30.6 Å². The Labute approximate surface area is 148 Å². The highest BCUT2D eigenvalue weighted by Gasteiger charge is 2.13. The van der Waals surface area contributed by atoms with E-state index in [0.717, 1.165) is 17.9 Å². The summed E-state index contributed by atoms with van der Waals surface area (Å²) in [6, 6.07) is 7.23. The SMILES string of the molecule is C[C@@H](NC(=O)NCc1cccc(OCCN(C)C)c1)c1nncn1C. The topological polar surface area (TPSA) is 84.3 Å². The van der Waals surface area contributed by atoms with Crippen molar-refractivity contribution >= 4 is 6.03 Å². The minimum atomic E-state index is -0.255. The van der Waals surface area contributed by atoms with Gasteiger partial charge in [0.25, 0.3) is 0 Å². The molecule has 0 saturated heterocycles. The second-order valence-electron chi connectivity index (χ2n) is 6.15. The number of rotatable bonds is 8. The first-order chi connectivity index (χ1) is 12.0. The van der Waals surface area contributed by atoms with Gasteiger partial charge in [0.2, 0.25) is 0 Å². The van der Waals surface area contributed by atoms with Gasteiger partial charge in [-0.05, 0) is 38.7 Å². The summed E-state index contributed by atoms with van der Waals surface area (Å²) in [6.07, 6.45) is 1.60. The molecule has 2 amide bonds. The maximum atomic E-state index is 12.0. The van der Waals surface area contributed by atoms with Crippen molar-refractivity contribution in [3.63, 3.8) is 0 Å². The van der Waals surface area contributed by atoms with Crippen molar-refractivity contribution in [3.8, 4) is 5.75 Å². The van der Waals surface area contributed by atoms with Crippen molar-refractivity contribution in [2.75, 3.05) is 27.2 Å². The number of hydrogen-bond donors (Lipinski definition) is 2. The van der Waals surface area contributed by atoms with Gasteiger partial charge in [-0.1, -0.05) is 12.1 Å². The largest absolute Gasteiger partial charge is 0.492 e. The number of nitrogens with one attached hydrogen (secondary N) is 2. The lowest BCUT2D eigenvalue weighted by Crippen LogP contribution is -2.37. The van der Waals surface area contributed by atoms with E-state index < -0.39 is 0 Å². The zero-order valence-electron chi connectivity index (χ0n) is 15.2. The Balaban J connectivity index is 1.80. The lowest BCUT2D eigenvalue weighted by molar-refractivity contribution is 0.236. The highest BCUT2D eigenvalue weighted by molar-refractivity contribution is 5.74. The molecule has 2 aromatic rings. The number of likely N-dealkylation sites (N-methyl/N-ethyl adjacent to an activating group) is 1. The van der Waals surface area contributed by atoms with Gasteiger partial charge in [-0.3, -0.25) is 0 Å². The normalized spacial score (nSPS) is 12.0. The highest BCUT2D eigenvalue weighted by atomic mass is 16.5. The van der Waals surface area contributed by atoms with Gasteiger partial charge in [-0.15, -0.1) is 10.2 Å². The molecule has 1 aromatic heterocycles. The van der Waals surface area contributed by atoms with Crippen molar-refractivity contribution in [3.05, 3.63) is 42.0 Å². The number of aromatic nitrogens is 3. The quantitative estimate of drug-likeness (QED) is 0.753. The Hall–Kier alpha value is -2.61. The third-order valence-corrected chi connectivity index (χ3v) is 3.64. The van der Waals surface area contributed by atoms with E-state index >= 15 is 0 Å². The molecule has 8 nitrogen and oxygen atoms in total. The number of amides is 2. The average molecular weight is 346 g/mol. The molecule has 0 radical (unpaired) electrons. The molecule has 0 aliphatic carbocycles. The van der Waals surface area contributed by atoms with Gasteiger partial charge in [0.05, 0.1) is 6.04 Å². The zero-order chi connectivity index (χ0) is 18.2. The van der Waals surface area contributed by atoms with E-state index in [9.17, 15) is 4.79 Å². The number of carbonyl (C=O) groups excluding carboxylic acids is 1. The first-order valence-electron chi connectivity index (χ1n) is 8.20. The minimum absolute atomic E-state index is 0.229. The van der Waals surface area contributed by atoms with Crippen LogP contribution in [0.5, 0.6) is 5.75 Å². The number of carbonyl (C=O) groups is 1. The molecule has 2 rings (SSSR count). The summed E-state index contributed by atoms with van der Waals surface area (Å²) < 4.78 is 7.48. The van der Waals surface area contributed by atoms with Crippen LogP contribution in [0.25, 0.3) is 0 Å². The van der Waals surface area contributed by atoms with Crippen LogP contribution in [0.4, 0.5) is 4.79 Å². The Morgan fingerprint density at radius 2 is 2.20 bits per heavy atom. The number of nitrogens with zero attached hydrogens (tertiary/aromatic N) is 4. The van der Waals surface area contributed by atoms with Crippen LogP contribution in [0, 0.1) is 0 Å². The second kappa shape index (κ2) is 9.03. The van der Waals surface area contributed by atoms with Crippen LogP contribution in [-0.2, 0) is 13.6 Å². The van der Waals surface area contributed by atoms with E-state index in [1.807, 2.05) is 52.3 Å². The van der Waals surface area contributed by atoms with Crippen LogP contribution in [-0.4, -0.2) is 52.9 Å². The summed E-state index contributed by atoms with van der Waals surface area (Å²) in [6.45, 7) is 3.76. The van der Waals surface area contributed by atoms with Gasteiger partial charge in [0.1, 0.15) is 18.7 Å². The average Bonchev–Trinajstić information content (AvgIpc) is 2.99. The molecule has 25 heavy (non-hydrogen) atoms. The minimum Gasteiger partial charge on any atom is -0.492 e. The van der Waals surface area contributed by atoms with Gasteiger partial charge in [-0.25, -0.2) is 4.79 Å². The maximum absolute atomic E-state index is 12.0. The number of urea groups is 1. The fraction of sp³-hybridized carbons (Fsp3) is 0.471. The summed E-state index contributed by atoms with van der Waals surface area (Å²) in [7, 11) is 5.85. The van der Waals surface area contributed by atoms with E-state index in [1.54, 1.807) is 10.9 Å². The Kier molecular flexibility index (Phi) is 6.76. The van der Waals surface area contributed by atoms with Crippen LogP contribution in [0.2, 0.25) is 0 Å². The van der Waals surface area contributed by atoms with Crippen molar-refractivity contribution < 1.29 is 9.53 Å². The summed E-state index contributed by atoms with van der Waals surface area (Å²) in [5.74, 6) is 1.50. The predicted molar refractivity (Wildman–Crippen MR) is 95.3 cm³/mol. The second-order valence-corrected chi connectivity index (χ2v) is 6.15. The van der Waals surface area contributed by atoms with E-state index in [0.29, 0.717) is 19.0 Å². The first-order valence-corrected chi connectivity index (χ1v) is 8.20. The molecule has 0 aliphatic rings. The molecule has 8 heteroatoms. The fourth-order valence-electron chi connectivity index (χ4n) is 2.27. The highest BCUT2D eigenvalue weighted by Crippen LogP contribution is 2.13. The summed E-state index contributed by atoms with van der Waals surface area (Å²) in [5, 5.41) is 13.5. The molecule has 1 atom stereocenters. The molecule has 0 spiro atoms. The van der Waals surface area contributed by atoms with Crippen molar-refractivity contribution in [1.29, 1.82) is 0 Å². The van der Waals surface area contributed by atoms with Gasteiger partial charge < -0.3 is 24.8 Å². The van der Waals surface area contributed by atoms with Crippen molar-refractivity contribution in [1.82, 2.24) is 30.3 Å². The third-order valence-electron chi connectivity index (χ3n) is 3.64. The molecule has 0 aliphatic heterocycles. The number of aryl methyl sites for hydroxylation is 1. The molecule has 0 saturated carbocycles. The van der Waals surface area contributed by atoms with Gasteiger partial charge in [-0.2, -0.15) is 0 Å². The van der Waals surface area contributed by atoms with Gasteiger partial charge in [0, 0.05) is 20.1 Å². The van der Waals surface area contributed by atoms with Gasteiger partial charge in [0.15, 0.2) is 5.82 Å². The lowest BCUT2D eigenvalue weighted by Gasteiger charge is -2.14. The van der Waals surface area contributed by atoms with Crippen LogP contribution in [0.3, 0.4) is 0 Å². The third kappa shape index (κ3) is 6.07. The standard InChI is InChI=1S/C17H26N6O2/c1-13(16-21-19-12-23(16)4)20-17(24)18-11-14-6-5-7-15(10-14)25-9-8-22(2)3/h5-7,10,12-13H,8-9,11H2,1-4H3,(H2,18,20,24)/t13-/m1/s1. The summed E-state index contributed by atoms with van der Waals surface area (Å²) in [4.78, 5) is 14.1. The van der Waals surface area contributed by atoms with Crippen LogP contribution < -0.4 is 15.4 Å². The van der Waals surface area contributed by atoms with Gasteiger partial charge >= 0.3 is 6.03 Å². The maximum Gasteiger partial charge on any atom is 0.315 e. The summed E-state index contributed by atoms with van der Waals surface area (Å²) in [5.41, 5.74) is 0.976. The van der Waals surface area contributed by atoms with E-state index in [2.05, 4.69) is 25.7 Å². The molecule has 0 bridgehead atoms. The van der Waals surface area contributed by atoms with Crippen LogP contribution >= 0.6 is 0 Å². The zero-order valence-corrected chi connectivity index (χ0v) is 15.2. The Morgan fingerprint density at radius 3 is 2.88 bits per heavy atom. The Morgan fingerprint density at radius 1 is 1.40 bits per heavy atom. The molecular weight excluding hydrogens is 320 g/mol. The van der Waals surface area contributed by atoms with Crippen LogP contribution in [0.1, 0.15) is 24.4 Å². The number of benzene rings is 1. The van der Waals surface area contributed by atoms with Crippen molar-refractivity contribution in [2.24, 2.45) is 7.05 Å². The van der Waals surface area contributed by atoms with E-state index in [4.69, 9.17) is 4.74 Å².